The molecule has 0 atom stereocenters. The van der Waals surface area contributed by atoms with Crippen LogP contribution in [0.3, 0.4) is 0 Å². The predicted octanol–water partition coefficient (Wildman–Crippen LogP) is 7.23. The normalized spacial score (nSPS) is 11.2. The molecule has 0 saturated carbocycles. The van der Waals surface area contributed by atoms with Gasteiger partial charge in [-0.3, -0.25) is 4.79 Å². The number of benzene rings is 3. The minimum absolute atomic E-state index is 0.248. The molecular weight excluding hydrogens is 571 g/mol. The van der Waals surface area contributed by atoms with Gasteiger partial charge >= 0.3 is 0 Å². The zero-order valence-corrected chi connectivity index (χ0v) is 23.1. The smallest absolute Gasteiger partial charge is 0.271 e. The fraction of sp³-hybridized carbons (Fsp3) is 0.0968. The third-order valence-corrected chi connectivity index (χ3v) is 7.11. The van der Waals surface area contributed by atoms with Crippen molar-refractivity contribution in [1.82, 2.24) is 14.6 Å². The first-order chi connectivity index (χ1) is 17.9. The summed E-state index contributed by atoms with van der Waals surface area (Å²) in [6, 6.07) is 32.5. The summed E-state index contributed by atoms with van der Waals surface area (Å²) in [6.45, 7) is 6.21. The average molecular weight is 598 g/mol. The Morgan fingerprint density at radius 1 is 0.784 bits per heavy atom. The van der Waals surface area contributed by atoms with Crippen molar-refractivity contribution in [3.63, 3.8) is 0 Å². The summed E-state index contributed by atoms with van der Waals surface area (Å²) in [7, 11) is 0. The lowest BCUT2D eigenvalue weighted by atomic mass is 10.1. The number of carbonyl (C=O) groups excluding carboxylic acids is 1. The first kappa shape index (κ1) is 24.8. The molecule has 0 fully saturated rings. The molecule has 2 heterocycles. The monoisotopic (exact) mass is 598 g/mol. The molecule has 5 aromatic rings. The molecule has 0 unspecified atom stereocenters. The summed E-state index contributed by atoms with van der Waals surface area (Å²) >= 11 is 2.32. The van der Waals surface area contributed by atoms with Crippen LogP contribution >= 0.6 is 22.6 Å². The highest BCUT2D eigenvalue weighted by atomic mass is 127. The number of nitrogens with one attached hydrogen (secondary N) is 1. The van der Waals surface area contributed by atoms with Gasteiger partial charge in [0, 0.05) is 43.2 Å². The quantitative estimate of drug-likeness (QED) is 0.125. The topological polar surface area (TPSA) is 51.3 Å². The fourth-order valence-corrected chi connectivity index (χ4v) is 5.16. The van der Waals surface area contributed by atoms with Crippen molar-refractivity contribution in [2.24, 2.45) is 5.10 Å². The van der Waals surface area contributed by atoms with E-state index in [1.54, 1.807) is 6.21 Å². The Balaban J connectivity index is 1.31. The SMILES string of the molecule is Cc1ccc(-c2ccccc2)n1-c1ccc(C(=O)N/N=C/c2cc(C)n(-c3cccc(I)c3)c2C)cc1. The number of aromatic nitrogens is 2. The summed E-state index contributed by atoms with van der Waals surface area (Å²) in [4.78, 5) is 12.8. The van der Waals surface area contributed by atoms with E-state index in [1.807, 2.05) is 42.5 Å². The van der Waals surface area contributed by atoms with Crippen molar-refractivity contribution < 1.29 is 4.79 Å². The Labute approximate surface area is 230 Å². The molecule has 2 aromatic heterocycles. The Hall–Kier alpha value is -3.91. The van der Waals surface area contributed by atoms with Crippen LogP contribution in [0, 0.1) is 24.3 Å². The third kappa shape index (κ3) is 5.15. The van der Waals surface area contributed by atoms with E-state index >= 15 is 0 Å². The van der Waals surface area contributed by atoms with E-state index in [1.165, 1.54) is 3.57 Å². The summed E-state index contributed by atoms with van der Waals surface area (Å²) < 4.78 is 5.56. The molecule has 0 saturated heterocycles. The zero-order valence-electron chi connectivity index (χ0n) is 20.9. The minimum Gasteiger partial charge on any atom is -0.318 e. The van der Waals surface area contributed by atoms with Gasteiger partial charge < -0.3 is 9.13 Å². The predicted molar refractivity (Wildman–Crippen MR) is 159 cm³/mol. The van der Waals surface area contributed by atoms with Crippen LogP contribution in [0.1, 0.15) is 33.0 Å². The van der Waals surface area contributed by atoms with Gasteiger partial charge in [-0.25, -0.2) is 5.43 Å². The van der Waals surface area contributed by atoms with Crippen molar-refractivity contribution in [3.05, 3.63) is 129 Å². The van der Waals surface area contributed by atoms with Gasteiger partial charge in [-0.05, 0) is 110 Å². The van der Waals surface area contributed by atoms with Gasteiger partial charge in [0.25, 0.3) is 5.91 Å². The average Bonchev–Trinajstić information content (AvgIpc) is 3.43. The summed E-state index contributed by atoms with van der Waals surface area (Å²) in [5, 5.41) is 4.24. The van der Waals surface area contributed by atoms with Crippen LogP contribution in [-0.2, 0) is 0 Å². The largest absolute Gasteiger partial charge is 0.318 e. The standard InChI is InChI=1S/C31H27IN4O/c1-21-12-17-30(24-8-5-4-6-9-24)36(21)28-15-13-25(14-16-28)31(37)34-33-20-26-18-22(2)35(23(26)3)29-11-7-10-27(32)19-29/h4-20H,1-3H3,(H,34,37)/b33-20+. The van der Waals surface area contributed by atoms with Crippen LogP contribution in [0.4, 0.5) is 0 Å². The van der Waals surface area contributed by atoms with Gasteiger partial charge in [-0.15, -0.1) is 0 Å². The number of hydrogen-bond donors (Lipinski definition) is 1. The lowest BCUT2D eigenvalue weighted by Crippen LogP contribution is -2.17. The Kier molecular flexibility index (Phi) is 7.10. The molecule has 0 spiro atoms. The number of amides is 1. The number of hydrazone groups is 1. The highest BCUT2D eigenvalue weighted by molar-refractivity contribution is 14.1. The highest BCUT2D eigenvalue weighted by Crippen LogP contribution is 2.26. The second-order valence-electron chi connectivity index (χ2n) is 8.95. The molecule has 0 radical (unpaired) electrons. The molecule has 5 nitrogen and oxygen atoms in total. The highest BCUT2D eigenvalue weighted by Gasteiger charge is 2.12. The molecule has 5 rings (SSSR count). The number of aryl methyl sites for hydroxylation is 2. The molecule has 0 aliphatic rings. The van der Waals surface area contributed by atoms with Gasteiger partial charge in [-0.2, -0.15) is 5.10 Å². The maximum absolute atomic E-state index is 12.8. The number of nitrogens with zero attached hydrogens (tertiary/aromatic N) is 3. The van der Waals surface area contributed by atoms with Crippen molar-refractivity contribution in [3.8, 4) is 22.6 Å². The van der Waals surface area contributed by atoms with E-state index in [0.717, 1.165) is 45.3 Å². The van der Waals surface area contributed by atoms with Crippen LogP contribution in [0.5, 0.6) is 0 Å². The summed E-state index contributed by atoms with van der Waals surface area (Å²) in [5.74, 6) is -0.248. The summed E-state index contributed by atoms with van der Waals surface area (Å²) in [5.41, 5.74) is 11.9. The van der Waals surface area contributed by atoms with E-state index < -0.39 is 0 Å². The summed E-state index contributed by atoms with van der Waals surface area (Å²) in [6.07, 6.45) is 1.70. The van der Waals surface area contributed by atoms with Crippen molar-refractivity contribution in [1.29, 1.82) is 0 Å². The number of halogens is 1. The maximum atomic E-state index is 12.8. The van der Waals surface area contributed by atoms with Gasteiger partial charge in [-0.1, -0.05) is 36.4 Å². The number of carbonyl (C=O) groups is 1. The second kappa shape index (κ2) is 10.6. The number of hydrogen-bond acceptors (Lipinski definition) is 2. The van der Waals surface area contributed by atoms with E-state index in [4.69, 9.17) is 0 Å². The lowest BCUT2D eigenvalue weighted by Gasteiger charge is -2.12. The fourth-order valence-electron chi connectivity index (χ4n) is 4.63. The molecule has 37 heavy (non-hydrogen) atoms. The minimum atomic E-state index is -0.248. The van der Waals surface area contributed by atoms with Gasteiger partial charge in [0.1, 0.15) is 0 Å². The molecule has 0 aliphatic heterocycles. The molecule has 6 heteroatoms. The van der Waals surface area contributed by atoms with Crippen LogP contribution in [0.15, 0.2) is 102 Å². The maximum Gasteiger partial charge on any atom is 0.271 e. The molecule has 0 bridgehead atoms. The van der Waals surface area contributed by atoms with E-state index in [2.05, 4.69) is 118 Å². The van der Waals surface area contributed by atoms with Crippen LogP contribution < -0.4 is 5.43 Å². The van der Waals surface area contributed by atoms with Crippen molar-refractivity contribution >= 4 is 34.7 Å². The Bertz CT molecular complexity index is 1590. The van der Waals surface area contributed by atoms with Gasteiger partial charge in [0.2, 0.25) is 0 Å². The lowest BCUT2D eigenvalue weighted by molar-refractivity contribution is 0.0955. The molecular formula is C31H27IN4O. The molecule has 1 amide bonds. The second-order valence-corrected chi connectivity index (χ2v) is 10.2. The Morgan fingerprint density at radius 2 is 1.54 bits per heavy atom. The third-order valence-electron chi connectivity index (χ3n) is 6.44. The molecule has 1 N–H and O–H groups in total. The van der Waals surface area contributed by atoms with Crippen molar-refractivity contribution in [2.45, 2.75) is 20.8 Å². The Morgan fingerprint density at radius 3 is 2.27 bits per heavy atom. The molecule has 0 aliphatic carbocycles. The van der Waals surface area contributed by atoms with Crippen LogP contribution in [0.2, 0.25) is 0 Å². The van der Waals surface area contributed by atoms with Crippen molar-refractivity contribution in [2.75, 3.05) is 0 Å². The first-order valence-electron chi connectivity index (χ1n) is 12.0. The van der Waals surface area contributed by atoms with E-state index in [-0.39, 0.29) is 5.91 Å². The van der Waals surface area contributed by atoms with Gasteiger partial charge in [0.05, 0.1) is 11.9 Å². The van der Waals surface area contributed by atoms with E-state index in [0.29, 0.717) is 5.56 Å². The van der Waals surface area contributed by atoms with E-state index in [9.17, 15) is 4.79 Å². The first-order valence-corrected chi connectivity index (χ1v) is 13.1. The van der Waals surface area contributed by atoms with Gasteiger partial charge in [0.15, 0.2) is 0 Å². The van der Waals surface area contributed by atoms with Crippen LogP contribution in [-0.4, -0.2) is 21.3 Å². The molecule has 3 aromatic carbocycles. The molecule has 184 valence electrons. The van der Waals surface area contributed by atoms with Crippen LogP contribution in [0.25, 0.3) is 22.6 Å². The number of rotatable bonds is 6. The zero-order chi connectivity index (χ0) is 25.9.